The van der Waals surface area contributed by atoms with Crippen LogP contribution in [-0.4, -0.2) is 72.9 Å². The molecular formula is C16H30N2O3. The number of hydrogen-bond donors (Lipinski definition) is 1. The molecule has 0 aromatic heterocycles. The third-order valence-electron chi connectivity index (χ3n) is 4.51. The van der Waals surface area contributed by atoms with Crippen LogP contribution in [0.4, 0.5) is 0 Å². The van der Waals surface area contributed by atoms with Crippen LogP contribution in [0.2, 0.25) is 0 Å². The Hall–Kier alpha value is -0.650. The van der Waals surface area contributed by atoms with Gasteiger partial charge in [0.15, 0.2) is 0 Å². The maximum Gasteiger partial charge on any atom is 0.236 e. The molecule has 0 spiro atoms. The van der Waals surface area contributed by atoms with Gasteiger partial charge in [0.2, 0.25) is 5.91 Å². The highest BCUT2D eigenvalue weighted by Crippen LogP contribution is 2.15. The van der Waals surface area contributed by atoms with Crippen molar-refractivity contribution in [3.8, 4) is 0 Å². The number of carbonyl (C=O) groups excluding carboxylic acids is 1. The first-order valence-electron chi connectivity index (χ1n) is 8.52. The Kier molecular flexibility index (Phi) is 7.47. The second-order valence-electron chi connectivity index (χ2n) is 6.22. The second kappa shape index (κ2) is 9.38. The molecule has 2 heterocycles. The van der Waals surface area contributed by atoms with Gasteiger partial charge in [0, 0.05) is 39.4 Å². The minimum atomic E-state index is 0.198. The third-order valence-corrected chi connectivity index (χ3v) is 4.51. The Labute approximate surface area is 128 Å². The Morgan fingerprint density at radius 2 is 1.71 bits per heavy atom. The molecule has 0 aromatic carbocycles. The quantitative estimate of drug-likeness (QED) is 0.750. The maximum absolute atomic E-state index is 12.3. The summed E-state index contributed by atoms with van der Waals surface area (Å²) < 4.78 is 5.73. The van der Waals surface area contributed by atoms with E-state index in [1.54, 1.807) is 0 Å². The zero-order valence-electron chi connectivity index (χ0n) is 13.1. The van der Waals surface area contributed by atoms with Crippen molar-refractivity contribution in [2.45, 2.75) is 51.0 Å². The molecule has 21 heavy (non-hydrogen) atoms. The number of likely N-dealkylation sites (tertiary alicyclic amines) is 2. The van der Waals surface area contributed by atoms with E-state index < -0.39 is 0 Å². The Balaban J connectivity index is 1.64. The average molecular weight is 298 g/mol. The SMILES string of the molecule is O=C(CN1CCC(OCCCO)CC1)N1CCCCCC1. The number of amides is 1. The summed E-state index contributed by atoms with van der Waals surface area (Å²) in [5.41, 5.74) is 0. The van der Waals surface area contributed by atoms with Gasteiger partial charge in [0.1, 0.15) is 0 Å². The molecule has 2 aliphatic heterocycles. The first-order chi connectivity index (χ1) is 10.3. The van der Waals surface area contributed by atoms with Crippen molar-refractivity contribution < 1.29 is 14.6 Å². The van der Waals surface area contributed by atoms with Gasteiger partial charge in [-0.3, -0.25) is 9.69 Å². The summed E-state index contributed by atoms with van der Waals surface area (Å²) in [7, 11) is 0. The first kappa shape index (κ1) is 16.7. The van der Waals surface area contributed by atoms with Crippen LogP contribution in [0, 0.1) is 0 Å². The summed E-state index contributed by atoms with van der Waals surface area (Å²) in [6.07, 6.45) is 7.87. The number of ether oxygens (including phenoxy) is 1. The van der Waals surface area contributed by atoms with Crippen LogP contribution in [0.3, 0.4) is 0 Å². The predicted octanol–water partition coefficient (Wildman–Crippen LogP) is 1.25. The highest BCUT2D eigenvalue weighted by molar-refractivity contribution is 5.78. The molecule has 0 unspecified atom stereocenters. The van der Waals surface area contributed by atoms with Crippen LogP contribution in [0.1, 0.15) is 44.9 Å². The van der Waals surface area contributed by atoms with Crippen LogP contribution < -0.4 is 0 Å². The van der Waals surface area contributed by atoms with Crippen LogP contribution in [-0.2, 0) is 9.53 Å². The second-order valence-corrected chi connectivity index (χ2v) is 6.22. The molecule has 2 aliphatic rings. The molecule has 0 atom stereocenters. The number of carbonyl (C=O) groups is 1. The van der Waals surface area contributed by atoms with E-state index in [1.807, 2.05) is 0 Å². The van der Waals surface area contributed by atoms with E-state index in [1.165, 1.54) is 12.8 Å². The highest BCUT2D eigenvalue weighted by atomic mass is 16.5. The lowest BCUT2D eigenvalue weighted by molar-refractivity contribution is -0.133. The van der Waals surface area contributed by atoms with Gasteiger partial charge in [-0.05, 0) is 32.1 Å². The normalized spacial score (nSPS) is 22.2. The van der Waals surface area contributed by atoms with Crippen LogP contribution in [0.15, 0.2) is 0 Å². The van der Waals surface area contributed by atoms with Crippen molar-refractivity contribution in [3.05, 3.63) is 0 Å². The summed E-state index contributed by atoms with van der Waals surface area (Å²) in [4.78, 5) is 16.7. The molecule has 0 radical (unpaired) electrons. The summed E-state index contributed by atoms with van der Waals surface area (Å²) in [5.74, 6) is 0.302. The van der Waals surface area contributed by atoms with Crippen molar-refractivity contribution >= 4 is 5.91 Å². The van der Waals surface area contributed by atoms with E-state index in [9.17, 15) is 4.79 Å². The Bertz CT molecular complexity index is 296. The van der Waals surface area contributed by atoms with E-state index in [0.717, 1.165) is 51.9 Å². The molecule has 1 amide bonds. The van der Waals surface area contributed by atoms with Gasteiger partial charge < -0.3 is 14.7 Å². The molecule has 2 fully saturated rings. The highest BCUT2D eigenvalue weighted by Gasteiger charge is 2.23. The van der Waals surface area contributed by atoms with Crippen molar-refractivity contribution in [1.29, 1.82) is 0 Å². The first-order valence-corrected chi connectivity index (χ1v) is 8.52. The minimum absolute atomic E-state index is 0.198. The standard InChI is InChI=1S/C16H30N2O3/c19-12-5-13-21-15-6-10-17(11-7-15)14-16(20)18-8-3-1-2-4-9-18/h15,19H,1-14H2. The minimum Gasteiger partial charge on any atom is -0.396 e. The monoisotopic (exact) mass is 298 g/mol. The molecule has 5 nitrogen and oxygen atoms in total. The van der Waals surface area contributed by atoms with E-state index >= 15 is 0 Å². The largest absolute Gasteiger partial charge is 0.396 e. The average Bonchev–Trinajstić information content (AvgIpc) is 2.78. The zero-order valence-corrected chi connectivity index (χ0v) is 13.1. The smallest absolute Gasteiger partial charge is 0.236 e. The molecule has 0 saturated carbocycles. The van der Waals surface area contributed by atoms with Crippen LogP contribution >= 0.6 is 0 Å². The zero-order chi connectivity index (χ0) is 14.9. The fraction of sp³-hybridized carbons (Fsp3) is 0.938. The Morgan fingerprint density at radius 1 is 1.05 bits per heavy atom. The van der Waals surface area contributed by atoms with Gasteiger partial charge in [-0.2, -0.15) is 0 Å². The van der Waals surface area contributed by atoms with E-state index in [2.05, 4.69) is 9.80 Å². The van der Waals surface area contributed by atoms with Crippen molar-refractivity contribution in [1.82, 2.24) is 9.80 Å². The van der Waals surface area contributed by atoms with Crippen molar-refractivity contribution in [3.63, 3.8) is 0 Å². The summed E-state index contributed by atoms with van der Waals surface area (Å²) in [5, 5.41) is 8.75. The summed E-state index contributed by atoms with van der Waals surface area (Å²) in [6, 6.07) is 0. The molecule has 1 N–H and O–H groups in total. The molecule has 2 rings (SSSR count). The summed E-state index contributed by atoms with van der Waals surface area (Å²) in [6.45, 7) is 5.20. The number of hydrogen-bond acceptors (Lipinski definition) is 4. The van der Waals surface area contributed by atoms with E-state index in [-0.39, 0.29) is 6.61 Å². The van der Waals surface area contributed by atoms with Gasteiger partial charge in [0.25, 0.3) is 0 Å². The number of aliphatic hydroxyl groups is 1. The van der Waals surface area contributed by atoms with Crippen LogP contribution in [0.25, 0.3) is 0 Å². The van der Waals surface area contributed by atoms with Gasteiger partial charge in [-0.25, -0.2) is 0 Å². The lowest BCUT2D eigenvalue weighted by Gasteiger charge is -2.33. The van der Waals surface area contributed by atoms with Gasteiger partial charge in [0.05, 0.1) is 12.6 Å². The number of nitrogens with zero attached hydrogens (tertiary/aromatic N) is 2. The molecule has 2 saturated heterocycles. The number of aliphatic hydroxyl groups excluding tert-OH is 1. The predicted molar refractivity (Wildman–Crippen MR) is 82.2 cm³/mol. The lowest BCUT2D eigenvalue weighted by atomic mass is 10.1. The molecule has 0 aromatic rings. The van der Waals surface area contributed by atoms with Crippen molar-refractivity contribution in [2.24, 2.45) is 0 Å². The molecular weight excluding hydrogens is 268 g/mol. The Morgan fingerprint density at radius 3 is 2.33 bits per heavy atom. The topological polar surface area (TPSA) is 53.0 Å². The number of rotatable bonds is 6. The maximum atomic E-state index is 12.3. The van der Waals surface area contributed by atoms with Gasteiger partial charge in [-0.1, -0.05) is 12.8 Å². The van der Waals surface area contributed by atoms with Crippen molar-refractivity contribution in [2.75, 3.05) is 45.9 Å². The molecule has 0 bridgehead atoms. The fourth-order valence-corrected chi connectivity index (χ4v) is 3.16. The van der Waals surface area contributed by atoms with Gasteiger partial charge >= 0.3 is 0 Å². The molecule has 122 valence electrons. The lowest BCUT2D eigenvalue weighted by Crippen LogP contribution is -2.45. The molecule has 0 aliphatic carbocycles. The third kappa shape index (κ3) is 5.93. The van der Waals surface area contributed by atoms with Gasteiger partial charge in [-0.15, -0.1) is 0 Å². The van der Waals surface area contributed by atoms with E-state index in [0.29, 0.717) is 31.6 Å². The fourth-order valence-electron chi connectivity index (χ4n) is 3.16. The summed E-state index contributed by atoms with van der Waals surface area (Å²) >= 11 is 0. The number of piperidine rings is 1. The van der Waals surface area contributed by atoms with E-state index in [4.69, 9.17) is 9.84 Å². The molecule has 5 heteroatoms. The van der Waals surface area contributed by atoms with Crippen LogP contribution in [0.5, 0.6) is 0 Å².